The first-order valence-electron chi connectivity index (χ1n) is 3.34. The van der Waals surface area contributed by atoms with Gasteiger partial charge in [-0.05, 0) is 5.21 Å². The van der Waals surface area contributed by atoms with Gasteiger partial charge in [-0.3, -0.25) is 4.40 Å². The van der Waals surface area contributed by atoms with Crippen LogP contribution in [-0.4, -0.2) is 24.8 Å². The molecule has 0 aromatic carbocycles. The average Bonchev–Trinajstić information content (AvgIpc) is 2.71. The predicted molar refractivity (Wildman–Crippen MR) is 43.1 cm³/mol. The van der Waals surface area contributed by atoms with Gasteiger partial charge in [0, 0.05) is 11.6 Å². The summed E-state index contributed by atoms with van der Waals surface area (Å²) in [5.74, 6) is 0.609. The summed E-state index contributed by atoms with van der Waals surface area (Å²) < 4.78 is 1.91. The van der Waals surface area contributed by atoms with Crippen molar-refractivity contribution >= 4 is 16.2 Å². The molecular formula is C6H3N5S. The van der Waals surface area contributed by atoms with Crippen LogP contribution in [-0.2, 0) is 0 Å². The molecule has 0 N–H and O–H groups in total. The zero-order valence-corrected chi connectivity index (χ0v) is 6.69. The highest BCUT2D eigenvalue weighted by atomic mass is 32.1. The Balaban J connectivity index is 2.61. The molecule has 3 rings (SSSR count). The van der Waals surface area contributed by atoms with Gasteiger partial charge in [-0.2, -0.15) is 0 Å². The Labute approximate surface area is 71.0 Å². The van der Waals surface area contributed by atoms with Crippen LogP contribution in [0, 0.1) is 0 Å². The monoisotopic (exact) mass is 177 g/mol. The zero-order chi connectivity index (χ0) is 7.97. The third kappa shape index (κ3) is 0.620. The maximum atomic E-state index is 4.08. The second-order valence-electron chi connectivity index (χ2n) is 2.32. The molecule has 2 aliphatic heterocycles. The first kappa shape index (κ1) is 6.01. The van der Waals surface area contributed by atoms with E-state index in [1.165, 1.54) is 0 Å². The summed E-state index contributed by atoms with van der Waals surface area (Å²) in [5, 5.41) is 13.2. The molecule has 0 fully saturated rings. The average molecular weight is 177 g/mol. The van der Waals surface area contributed by atoms with Gasteiger partial charge in [0.2, 0.25) is 5.82 Å². The predicted octanol–water partition coefficient (Wildman–Crippen LogP) is 0.686. The summed E-state index contributed by atoms with van der Waals surface area (Å²) in [4.78, 5) is 5.11. The van der Waals surface area contributed by atoms with E-state index in [0.29, 0.717) is 5.82 Å². The number of thiazole rings is 1. The summed E-state index contributed by atoms with van der Waals surface area (Å²) in [5.41, 5.74) is 0.771. The molecule has 1 aromatic heterocycles. The second kappa shape index (κ2) is 1.98. The Kier molecular flexibility index (Phi) is 0.991. The minimum atomic E-state index is 0.609. The number of nitrogens with zero attached hydrogens (tertiary/aromatic N) is 5. The van der Waals surface area contributed by atoms with Gasteiger partial charge in [0.1, 0.15) is 11.2 Å². The SMILES string of the molecule is c1cn2cnc3nnnc-3c2s1. The highest BCUT2D eigenvalue weighted by Gasteiger charge is 2.12. The normalized spacial score (nSPS) is 11.3. The van der Waals surface area contributed by atoms with Crippen LogP contribution in [0.3, 0.4) is 0 Å². The van der Waals surface area contributed by atoms with E-state index in [-0.39, 0.29) is 0 Å². The highest BCUT2D eigenvalue weighted by Crippen LogP contribution is 2.22. The zero-order valence-electron chi connectivity index (χ0n) is 5.88. The van der Waals surface area contributed by atoms with Crippen molar-refractivity contribution in [2.75, 3.05) is 0 Å². The van der Waals surface area contributed by atoms with E-state index in [9.17, 15) is 0 Å². The lowest BCUT2D eigenvalue weighted by Crippen LogP contribution is -1.90. The smallest absolute Gasteiger partial charge is 0.208 e. The molecule has 0 amide bonds. The summed E-state index contributed by atoms with van der Waals surface area (Å²) in [6.07, 6.45) is 3.64. The van der Waals surface area contributed by atoms with Gasteiger partial charge in [0.25, 0.3) is 0 Å². The summed E-state index contributed by atoms with van der Waals surface area (Å²) in [6, 6.07) is 0. The molecule has 1 aromatic rings. The molecule has 0 bridgehead atoms. The maximum Gasteiger partial charge on any atom is 0.208 e. The Bertz CT molecular complexity index is 498. The van der Waals surface area contributed by atoms with Gasteiger partial charge in [-0.15, -0.1) is 21.5 Å². The van der Waals surface area contributed by atoms with Crippen molar-refractivity contribution in [3.8, 4) is 11.5 Å². The summed E-state index contributed by atoms with van der Waals surface area (Å²) in [6.45, 7) is 0. The van der Waals surface area contributed by atoms with Gasteiger partial charge >= 0.3 is 0 Å². The Morgan fingerprint density at radius 1 is 1.33 bits per heavy atom. The molecule has 0 radical (unpaired) electrons. The van der Waals surface area contributed by atoms with E-state index in [1.54, 1.807) is 17.7 Å². The van der Waals surface area contributed by atoms with Crippen molar-refractivity contribution in [3.05, 3.63) is 17.9 Å². The van der Waals surface area contributed by atoms with Crippen molar-refractivity contribution in [2.24, 2.45) is 0 Å². The highest BCUT2D eigenvalue weighted by molar-refractivity contribution is 7.16. The molecule has 0 spiro atoms. The minimum Gasteiger partial charge on any atom is -0.296 e. The molecule has 0 aliphatic carbocycles. The number of fused-ring (bicyclic) bond motifs is 3. The van der Waals surface area contributed by atoms with Crippen LogP contribution < -0.4 is 0 Å². The first-order chi connectivity index (χ1) is 5.95. The van der Waals surface area contributed by atoms with Gasteiger partial charge in [-0.1, -0.05) is 0 Å². The standard InChI is InChI=1S/C6H3N5S/c1-2-12-6-4-5(9-10-8-4)7-3-11(1)6/h1-3H. The van der Waals surface area contributed by atoms with Crippen LogP contribution in [0.25, 0.3) is 16.3 Å². The van der Waals surface area contributed by atoms with Gasteiger partial charge in [0.15, 0.2) is 5.69 Å². The van der Waals surface area contributed by atoms with Crippen molar-refractivity contribution < 1.29 is 0 Å². The van der Waals surface area contributed by atoms with Crippen LogP contribution in [0.5, 0.6) is 0 Å². The lowest BCUT2D eigenvalue weighted by Gasteiger charge is -1.94. The second-order valence-corrected chi connectivity index (χ2v) is 3.22. The van der Waals surface area contributed by atoms with Crippen molar-refractivity contribution in [3.63, 3.8) is 0 Å². The molecule has 0 saturated carbocycles. The molecule has 0 saturated heterocycles. The largest absolute Gasteiger partial charge is 0.296 e. The molecule has 0 unspecified atom stereocenters. The van der Waals surface area contributed by atoms with E-state index in [0.717, 1.165) is 10.5 Å². The number of aromatic nitrogens is 5. The fourth-order valence-electron chi connectivity index (χ4n) is 1.10. The van der Waals surface area contributed by atoms with Crippen LogP contribution in [0.4, 0.5) is 0 Å². The molecule has 3 heterocycles. The third-order valence-electron chi connectivity index (χ3n) is 1.64. The van der Waals surface area contributed by atoms with E-state index in [4.69, 9.17) is 0 Å². The molecule has 0 atom stereocenters. The topological polar surface area (TPSA) is 56.0 Å². The Hall–Kier alpha value is -1.56. The van der Waals surface area contributed by atoms with Gasteiger partial charge in [0.05, 0.1) is 0 Å². The lowest BCUT2D eigenvalue weighted by molar-refractivity contribution is 0.947. The molecule has 12 heavy (non-hydrogen) atoms. The number of hydrogen-bond donors (Lipinski definition) is 0. The van der Waals surface area contributed by atoms with E-state index >= 15 is 0 Å². The van der Waals surface area contributed by atoms with E-state index in [1.807, 2.05) is 16.0 Å². The number of rotatable bonds is 0. The Morgan fingerprint density at radius 2 is 2.33 bits per heavy atom. The van der Waals surface area contributed by atoms with Crippen LogP contribution in [0.15, 0.2) is 17.9 Å². The van der Waals surface area contributed by atoms with Gasteiger partial charge < -0.3 is 0 Å². The van der Waals surface area contributed by atoms with Crippen LogP contribution in [0.2, 0.25) is 0 Å². The van der Waals surface area contributed by atoms with Crippen LogP contribution in [0.1, 0.15) is 0 Å². The maximum absolute atomic E-state index is 4.08. The summed E-state index contributed by atoms with van der Waals surface area (Å²) >= 11 is 1.60. The van der Waals surface area contributed by atoms with Crippen LogP contribution >= 0.6 is 11.3 Å². The molecule has 5 nitrogen and oxygen atoms in total. The molecular weight excluding hydrogens is 174 g/mol. The summed E-state index contributed by atoms with van der Waals surface area (Å²) in [7, 11) is 0. The minimum absolute atomic E-state index is 0.609. The van der Waals surface area contributed by atoms with E-state index in [2.05, 4.69) is 20.4 Å². The van der Waals surface area contributed by atoms with E-state index < -0.39 is 0 Å². The van der Waals surface area contributed by atoms with Crippen molar-refractivity contribution in [1.82, 2.24) is 24.8 Å². The third-order valence-corrected chi connectivity index (χ3v) is 2.52. The fourth-order valence-corrected chi connectivity index (χ4v) is 1.90. The van der Waals surface area contributed by atoms with Crippen molar-refractivity contribution in [1.29, 1.82) is 0 Å². The fraction of sp³-hybridized carbons (Fsp3) is 0. The Morgan fingerprint density at radius 3 is 3.33 bits per heavy atom. The van der Waals surface area contributed by atoms with Gasteiger partial charge in [-0.25, -0.2) is 4.98 Å². The lowest BCUT2D eigenvalue weighted by atomic mass is 10.4. The first-order valence-corrected chi connectivity index (χ1v) is 4.22. The molecule has 2 aliphatic rings. The molecule has 58 valence electrons. The molecule has 6 heteroatoms. The van der Waals surface area contributed by atoms with Crippen molar-refractivity contribution in [2.45, 2.75) is 0 Å². The number of hydrogen-bond acceptors (Lipinski definition) is 5. The quantitative estimate of drug-likeness (QED) is 0.507.